The highest BCUT2D eigenvalue weighted by Gasteiger charge is 2.34. The topological polar surface area (TPSA) is 87.2 Å². The SMILES string of the molecule is CCOC(=O)N1CCN(S(=O)(=O)c2cc3c(cc2Br)CCN3C(=O)CC)CC1. The molecule has 2 heterocycles. The van der Waals surface area contributed by atoms with Gasteiger partial charge < -0.3 is 14.5 Å². The second-order valence-corrected chi connectivity index (χ2v) is 9.41. The Hall–Kier alpha value is -1.65. The van der Waals surface area contributed by atoms with Crippen LogP contribution < -0.4 is 4.90 Å². The van der Waals surface area contributed by atoms with Gasteiger partial charge >= 0.3 is 6.09 Å². The minimum atomic E-state index is -3.76. The van der Waals surface area contributed by atoms with E-state index in [0.29, 0.717) is 29.5 Å². The average molecular weight is 474 g/mol. The Balaban J connectivity index is 1.83. The van der Waals surface area contributed by atoms with Gasteiger partial charge in [0, 0.05) is 49.3 Å². The summed E-state index contributed by atoms with van der Waals surface area (Å²) in [5, 5.41) is 0. The van der Waals surface area contributed by atoms with Gasteiger partial charge in [0.15, 0.2) is 0 Å². The van der Waals surface area contributed by atoms with Gasteiger partial charge in [-0.3, -0.25) is 4.79 Å². The second-order valence-electron chi connectivity index (χ2n) is 6.65. The minimum absolute atomic E-state index is 0.0209. The van der Waals surface area contributed by atoms with Crippen LogP contribution in [0.2, 0.25) is 0 Å². The number of anilines is 1. The predicted molar refractivity (Wildman–Crippen MR) is 108 cm³/mol. The zero-order valence-electron chi connectivity index (χ0n) is 16.0. The number of hydrogen-bond donors (Lipinski definition) is 0. The van der Waals surface area contributed by atoms with Gasteiger partial charge in [0.1, 0.15) is 0 Å². The Morgan fingerprint density at radius 2 is 1.79 bits per heavy atom. The third-order valence-corrected chi connectivity index (χ3v) is 7.87. The number of nitrogens with zero attached hydrogens (tertiary/aromatic N) is 3. The maximum atomic E-state index is 13.2. The molecule has 8 nitrogen and oxygen atoms in total. The number of carbonyl (C=O) groups is 2. The highest BCUT2D eigenvalue weighted by molar-refractivity contribution is 9.10. The van der Waals surface area contributed by atoms with Gasteiger partial charge in [0.25, 0.3) is 0 Å². The molecule has 0 aromatic heterocycles. The quantitative estimate of drug-likeness (QED) is 0.668. The van der Waals surface area contributed by atoms with Crippen LogP contribution in [0.3, 0.4) is 0 Å². The third-order valence-electron chi connectivity index (χ3n) is 5.01. The number of sulfonamides is 1. The van der Waals surface area contributed by atoms with E-state index in [1.807, 2.05) is 0 Å². The van der Waals surface area contributed by atoms with Crippen LogP contribution in [0.1, 0.15) is 25.8 Å². The zero-order valence-corrected chi connectivity index (χ0v) is 18.4. The molecule has 2 aliphatic heterocycles. The third kappa shape index (κ3) is 3.90. The van der Waals surface area contributed by atoms with Crippen LogP contribution in [0.5, 0.6) is 0 Å². The van der Waals surface area contributed by atoms with Crippen molar-refractivity contribution in [1.29, 1.82) is 0 Å². The lowest BCUT2D eigenvalue weighted by atomic mass is 10.2. The predicted octanol–water partition coefficient (Wildman–Crippen LogP) is 2.21. The van der Waals surface area contributed by atoms with Crippen LogP contribution >= 0.6 is 15.9 Å². The summed E-state index contributed by atoms with van der Waals surface area (Å²) in [5.41, 5.74) is 1.62. The monoisotopic (exact) mass is 473 g/mol. The fraction of sp³-hybridized carbons (Fsp3) is 0.556. The summed E-state index contributed by atoms with van der Waals surface area (Å²) in [6, 6.07) is 3.38. The normalized spacial score (nSPS) is 17.5. The van der Waals surface area contributed by atoms with Crippen molar-refractivity contribution in [2.24, 2.45) is 0 Å². The largest absolute Gasteiger partial charge is 0.450 e. The van der Waals surface area contributed by atoms with Crippen molar-refractivity contribution in [3.8, 4) is 0 Å². The first kappa shape index (κ1) is 21.1. The van der Waals surface area contributed by atoms with E-state index >= 15 is 0 Å². The molecule has 0 unspecified atom stereocenters. The van der Waals surface area contributed by atoms with Crippen molar-refractivity contribution in [3.63, 3.8) is 0 Å². The van der Waals surface area contributed by atoms with Crippen LogP contribution in [0, 0.1) is 0 Å². The molecule has 0 N–H and O–H groups in total. The summed E-state index contributed by atoms with van der Waals surface area (Å²) in [6.45, 7) is 5.33. The summed E-state index contributed by atoms with van der Waals surface area (Å²) < 4.78 is 33.3. The number of hydrogen-bond acceptors (Lipinski definition) is 5. The van der Waals surface area contributed by atoms with Gasteiger partial charge in [-0.2, -0.15) is 4.31 Å². The van der Waals surface area contributed by atoms with Gasteiger partial charge in [0.05, 0.1) is 11.5 Å². The molecule has 0 bridgehead atoms. The Kier molecular flexibility index (Phi) is 6.31. The molecule has 0 atom stereocenters. The second kappa shape index (κ2) is 8.38. The van der Waals surface area contributed by atoms with Crippen molar-refractivity contribution in [1.82, 2.24) is 9.21 Å². The molecular formula is C18H24BrN3O5S. The van der Waals surface area contributed by atoms with Crippen molar-refractivity contribution in [2.45, 2.75) is 31.6 Å². The standard InChI is InChI=1S/C18H24BrN3O5S/c1-3-17(23)22-6-5-13-11-14(19)16(12-15(13)22)28(25,26)21-9-7-20(8-10-21)18(24)27-4-2/h11-12H,3-10H2,1-2H3. The molecule has 2 aliphatic rings. The number of fused-ring (bicyclic) bond motifs is 1. The molecule has 0 aliphatic carbocycles. The molecule has 0 radical (unpaired) electrons. The van der Waals surface area contributed by atoms with Gasteiger partial charge in [-0.15, -0.1) is 0 Å². The van der Waals surface area contributed by atoms with Crippen LogP contribution in [-0.2, 0) is 26.0 Å². The molecule has 0 saturated carbocycles. The van der Waals surface area contributed by atoms with Gasteiger partial charge in [-0.25, -0.2) is 13.2 Å². The van der Waals surface area contributed by atoms with E-state index in [1.165, 1.54) is 9.21 Å². The molecule has 1 saturated heterocycles. The summed E-state index contributed by atoms with van der Waals surface area (Å²) in [7, 11) is -3.76. The maximum Gasteiger partial charge on any atom is 0.409 e. The van der Waals surface area contributed by atoms with E-state index in [9.17, 15) is 18.0 Å². The van der Waals surface area contributed by atoms with Crippen molar-refractivity contribution >= 4 is 43.6 Å². The first-order valence-electron chi connectivity index (χ1n) is 9.34. The first-order chi connectivity index (χ1) is 13.3. The van der Waals surface area contributed by atoms with E-state index in [1.54, 1.807) is 30.9 Å². The number of amides is 2. The fourth-order valence-electron chi connectivity index (χ4n) is 3.50. The fourth-order valence-corrected chi connectivity index (χ4v) is 5.99. The van der Waals surface area contributed by atoms with Gasteiger partial charge in [-0.1, -0.05) is 6.92 Å². The molecule has 0 spiro atoms. The van der Waals surface area contributed by atoms with Crippen molar-refractivity contribution in [2.75, 3.05) is 44.2 Å². The van der Waals surface area contributed by atoms with Crippen LogP contribution in [0.25, 0.3) is 0 Å². The van der Waals surface area contributed by atoms with E-state index < -0.39 is 16.1 Å². The minimum Gasteiger partial charge on any atom is -0.450 e. The van der Waals surface area contributed by atoms with E-state index in [2.05, 4.69) is 15.9 Å². The Morgan fingerprint density at radius 3 is 2.39 bits per heavy atom. The summed E-state index contributed by atoms with van der Waals surface area (Å²) in [4.78, 5) is 27.3. The number of piperazine rings is 1. The maximum absolute atomic E-state index is 13.2. The summed E-state index contributed by atoms with van der Waals surface area (Å²) in [6.07, 6.45) is 0.651. The van der Waals surface area contributed by atoms with Crippen molar-refractivity contribution in [3.05, 3.63) is 22.2 Å². The lowest BCUT2D eigenvalue weighted by Gasteiger charge is -2.33. The Bertz CT molecular complexity index is 881. The highest BCUT2D eigenvalue weighted by atomic mass is 79.9. The van der Waals surface area contributed by atoms with E-state index in [-0.39, 0.29) is 43.6 Å². The molecule has 3 rings (SSSR count). The Labute approximate surface area is 173 Å². The first-order valence-corrected chi connectivity index (χ1v) is 11.6. The summed E-state index contributed by atoms with van der Waals surface area (Å²) >= 11 is 3.39. The lowest BCUT2D eigenvalue weighted by Crippen LogP contribution is -2.50. The average Bonchev–Trinajstić information content (AvgIpc) is 3.09. The zero-order chi connectivity index (χ0) is 20.5. The van der Waals surface area contributed by atoms with E-state index in [0.717, 1.165) is 5.56 Å². The number of rotatable bonds is 4. The number of halogens is 1. The number of carbonyl (C=O) groups excluding carboxylic acids is 2. The smallest absolute Gasteiger partial charge is 0.409 e. The molecule has 1 aromatic carbocycles. The van der Waals surface area contributed by atoms with Crippen molar-refractivity contribution < 1.29 is 22.7 Å². The molecule has 10 heteroatoms. The van der Waals surface area contributed by atoms with Gasteiger partial charge in [-0.05, 0) is 47.0 Å². The van der Waals surface area contributed by atoms with E-state index in [4.69, 9.17) is 4.74 Å². The van der Waals surface area contributed by atoms with Crippen LogP contribution in [0.4, 0.5) is 10.5 Å². The molecule has 1 fully saturated rings. The van der Waals surface area contributed by atoms with Gasteiger partial charge in [0.2, 0.25) is 15.9 Å². The lowest BCUT2D eigenvalue weighted by molar-refractivity contribution is -0.118. The van der Waals surface area contributed by atoms with Crippen LogP contribution in [-0.4, -0.2) is 69.0 Å². The number of ether oxygens (including phenoxy) is 1. The molecular weight excluding hydrogens is 450 g/mol. The molecule has 2 amide bonds. The summed E-state index contributed by atoms with van der Waals surface area (Å²) in [5.74, 6) is -0.0209. The highest BCUT2D eigenvalue weighted by Crippen LogP contribution is 2.37. The number of benzene rings is 1. The molecule has 1 aromatic rings. The molecule has 154 valence electrons. The Morgan fingerprint density at radius 1 is 1.11 bits per heavy atom. The molecule has 28 heavy (non-hydrogen) atoms. The van der Waals surface area contributed by atoms with Crippen LogP contribution in [0.15, 0.2) is 21.5 Å².